The zero-order chi connectivity index (χ0) is 26.3. The van der Waals surface area contributed by atoms with Gasteiger partial charge in [0.15, 0.2) is 0 Å². The Labute approximate surface area is 216 Å². The van der Waals surface area contributed by atoms with Gasteiger partial charge in [-0.05, 0) is 81.7 Å². The molecular weight excluding hydrogens is 467 g/mol. The lowest BCUT2D eigenvalue weighted by atomic mass is 9.82. The Balaban J connectivity index is 1.55. The van der Waals surface area contributed by atoms with E-state index in [0.717, 1.165) is 35.0 Å². The molecule has 190 valence electrons. The monoisotopic (exact) mass is 498 g/mol. The number of fused-ring (bicyclic) bond motifs is 1. The summed E-state index contributed by atoms with van der Waals surface area (Å²) in [7, 11) is 0. The zero-order valence-electron chi connectivity index (χ0n) is 21.3. The summed E-state index contributed by atoms with van der Waals surface area (Å²) in [5, 5.41) is 8.52. The molecule has 1 saturated heterocycles. The third-order valence-corrected chi connectivity index (χ3v) is 7.28. The Morgan fingerprint density at radius 3 is 2.51 bits per heavy atom. The van der Waals surface area contributed by atoms with E-state index in [0.29, 0.717) is 5.69 Å². The number of anilines is 1. The number of halogens is 1. The topological polar surface area (TPSA) is 67.2 Å². The number of allylic oxidation sites excluding steroid dienone is 3. The highest BCUT2D eigenvalue weighted by Crippen LogP contribution is 2.43. The molecule has 7 heteroatoms. The van der Waals surface area contributed by atoms with Gasteiger partial charge in [-0.15, -0.1) is 0 Å². The van der Waals surface area contributed by atoms with Crippen molar-refractivity contribution in [3.63, 3.8) is 0 Å². The van der Waals surface area contributed by atoms with Crippen molar-refractivity contribution in [2.45, 2.75) is 45.7 Å². The Kier molecular flexibility index (Phi) is 6.31. The van der Waals surface area contributed by atoms with Gasteiger partial charge in [0.05, 0.1) is 34.9 Å². The summed E-state index contributed by atoms with van der Waals surface area (Å²) in [5.74, 6) is -0.361. The minimum Gasteiger partial charge on any atom is -0.350 e. The third-order valence-electron chi connectivity index (χ3n) is 7.28. The smallest absolute Gasteiger partial charge is 0.235 e. The predicted octanol–water partition coefficient (Wildman–Crippen LogP) is 5.49. The summed E-state index contributed by atoms with van der Waals surface area (Å²) in [5.41, 5.74) is 2.19. The van der Waals surface area contributed by atoms with Crippen LogP contribution in [0.2, 0.25) is 0 Å². The van der Waals surface area contributed by atoms with Gasteiger partial charge in [0.25, 0.3) is 0 Å². The molecular formula is C30H31FN4O2. The molecule has 1 saturated carbocycles. The SMILES string of the molecule is C=C(/C=C\C=C/C)[C@@H]1[C@@H](NC(=O)C2CC2)C(C)(C)C(=O)N1c1ccc2c(cnn2-c2ccc(F)cc2)c1. The lowest BCUT2D eigenvalue weighted by Gasteiger charge is -2.31. The van der Waals surface area contributed by atoms with E-state index in [4.69, 9.17) is 0 Å². The quantitative estimate of drug-likeness (QED) is 0.438. The van der Waals surface area contributed by atoms with Crippen LogP contribution in [0.5, 0.6) is 0 Å². The second-order valence-corrected chi connectivity index (χ2v) is 10.3. The average Bonchev–Trinajstić information content (AvgIpc) is 3.62. The van der Waals surface area contributed by atoms with Gasteiger partial charge in [-0.3, -0.25) is 9.59 Å². The molecule has 2 fully saturated rings. The van der Waals surface area contributed by atoms with Crippen molar-refractivity contribution < 1.29 is 14.0 Å². The van der Waals surface area contributed by atoms with Gasteiger partial charge in [-0.1, -0.05) is 30.9 Å². The fraction of sp³-hybridized carbons (Fsp3) is 0.300. The minimum absolute atomic E-state index is 0.000940. The van der Waals surface area contributed by atoms with Crippen LogP contribution < -0.4 is 10.2 Å². The number of carbonyl (C=O) groups is 2. The molecule has 2 amide bonds. The van der Waals surface area contributed by atoms with E-state index >= 15 is 0 Å². The number of aromatic nitrogens is 2. The highest BCUT2D eigenvalue weighted by Gasteiger charge is 2.55. The highest BCUT2D eigenvalue weighted by molar-refractivity contribution is 6.04. The van der Waals surface area contributed by atoms with Gasteiger partial charge in [0, 0.05) is 17.0 Å². The summed E-state index contributed by atoms with van der Waals surface area (Å²) < 4.78 is 15.2. The molecule has 6 nitrogen and oxygen atoms in total. The van der Waals surface area contributed by atoms with Crippen LogP contribution in [0.3, 0.4) is 0 Å². The van der Waals surface area contributed by atoms with Gasteiger partial charge >= 0.3 is 0 Å². The first kappa shape index (κ1) is 24.7. The van der Waals surface area contributed by atoms with Crippen molar-refractivity contribution in [3.05, 3.63) is 90.9 Å². The van der Waals surface area contributed by atoms with Crippen molar-refractivity contribution in [1.82, 2.24) is 15.1 Å². The van der Waals surface area contributed by atoms with Crippen LogP contribution in [-0.4, -0.2) is 33.7 Å². The highest BCUT2D eigenvalue weighted by atomic mass is 19.1. The molecule has 0 unspecified atom stereocenters. The number of carbonyl (C=O) groups excluding carboxylic acids is 2. The molecule has 2 aliphatic rings. The van der Waals surface area contributed by atoms with E-state index in [1.165, 1.54) is 12.1 Å². The van der Waals surface area contributed by atoms with Crippen molar-refractivity contribution >= 4 is 28.4 Å². The molecule has 1 aromatic heterocycles. The van der Waals surface area contributed by atoms with E-state index in [-0.39, 0.29) is 23.5 Å². The summed E-state index contributed by atoms with van der Waals surface area (Å²) in [6.45, 7) is 10.0. The number of nitrogens with zero attached hydrogens (tertiary/aromatic N) is 3. The number of benzene rings is 2. The Morgan fingerprint density at radius 2 is 1.84 bits per heavy atom. The van der Waals surface area contributed by atoms with Gasteiger partial charge in [-0.2, -0.15) is 5.10 Å². The molecule has 2 heterocycles. The summed E-state index contributed by atoms with van der Waals surface area (Å²) in [4.78, 5) is 28.5. The second-order valence-electron chi connectivity index (χ2n) is 10.3. The maximum atomic E-state index is 13.9. The van der Waals surface area contributed by atoms with Crippen molar-refractivity contribution in [3.8, 4) is 5.69 Å². The van der Waals surface area contributed by atoms with Crippen molar-refractivity contribution in [2.75, 3.05) is 4.90 Å². The number of hydrogen-bond acceptors (Lipinski definition) is 3. The molecule has 1 aliphatic carbocycles. The second kappa shape index (κ2) is 9.47. The van der Waals surface area contributed by atoms with E-state index < -0.39 is 17.5 Å². The van der Waals surface area contributed by atoms with Crippen molar-refractivity contribution in [1.29, 1.82) is 0 Å². The maximum absolute atomic E-state index is 13.9. The Bertz CT molecular complexity index is 1430. The Morgan fingerprint density at radius 1 is 1.14 bits per heavy atom. The molecule has 1 N–H and O–H groups in total. The fourth-order valence-electron chi connectivity index (χ4n) is 4.99. The summed E-state index contributed by atoms with van der Waals surface area (Å²) >= 11 is 0. The van der Waals surface area contributed by atoms with Crippen LogP contribution in [0.15, 0.2) is 85.1 Å². The molecule has 2 aromatic carbocycles. The maximum Gasteiger partial charge on any atom is 0.235 e. The largest absolute Gasteiger partial charge is 0.350 e. The average molecular weight is 499 g/mol. The first-order chi connectivity index (χ1) is 17.7. The molecule has 3 aromatic rings. The molecule has 1 aliphatic heterocycles. The molecule has 0 bridgehead atoms. The molecule has 2 atom stereocenters. The van der Waals surface area contributed by atoms with Gasteiger partial charge in [0.1, 0.15) is 5.82 Å². The first-order valence-corrected chi connectivity index (χ1v) is 12.6. The standard InChI is InChI=1S/C30H31FN4O2/c1-5-6-7-8-19(2)26-27(33-28(36)20-9-10-20)30(3,4)29(37)34(26)24-15-16-25-21(17-24)18-32-35(25)23-13-11-22(31)12-14-23/h5-8,11-18,20,26-27H,2,9-10H2,1,3-4H3,(H,33,36)/b6-5-,8-7-/t26-,27-/m1/s1. The normalized spacial score (nSPS) is 21.4. The molecule has 5 rings (SSSR count). The van der Waals surface area contributed by atoms with E-state index in [1.807, 2.05) is 63.3 Å². The third kappa shape index (κ3) is 4.50. The molecule has 0 radical (unpaired) electrons. The first-order valence-electron chi connectivity index (χ1n) is 12.6. The fourth-order valence-corrected chi connectivity index (χ4v) is 4.99. The van der Waals surface area contributed by atoms with Crippen LogP contribution in [-0.2, 0) is 9.59 Å². The van der Waals surface area contributed by atoms with E-state index in [1.54, 1.807) is 27.9 Å². The summed E-state index contributed by atoms with van der Waals surface area (Å²) in [6, 6.07) is 11.0. The minimum atomic E-state index is -0.833. The van der Waals surface area contributed by atoms with Crippen molar-refractivity contribution in [2.24, 2.45) is 11.3 Å². The molecule has 37 heavy (non-hydrogen) atoms. The lowest BCUT2D eigenvalue weighted by molar-refractivity contribution is -0.126. The summed E-state index contributed by atoms with van der Waals surface area (Å²) in [6.07, 6.45) is 11.1. The van der Waals surface area contributed by atoms with Gasteiger partial charge in [0.2, 0.25) is 11.8 Å². The van der Waals surface area contributed by atoms with Crippen LogP contribution in [0.25, 0.3) is 16.6 Å². The lowest BCUT2D eigenvalue weighted by Crippen LogP contribution is -2.50. The number of hydrogen-bond donors (Lipinski definition) is 1. The van der Waals surface area contributed by atoms with Gasteiger partial charge < -0.3 is 10.2 Å². The number of rotatable bonds is 7. The van der Waals surface area contributed by atoms with Gasteiger partial charge in [-0.25, -0.2) is 9.07 Å². The molecule has 0 spiro atoms. The van der Waals surface area contributed by atoms with Crippen LogP contribution >= 0.6 is 0 Å². The predicted molar refractivity (Wildman–Crippen MR) is 144 cm³/mol. The van der Waals surface area contributed by atoms with E-state index in [9.17, 15) is 14.0 Å². The van der Waals surface area contributed by atoms with Crippen LogP contribution in [0.4, 0.5) is 10.1 Å². The van der Waals surface area contributed by atoms with Crippen LogP contribution in [0.1, 0.15) is 33.6 Å². The zero-order valence-corrected chi connectivity index (χ0v) is 21.3. The van der Waals surface area contributed by atoms with Crippen LogP contribution in [0, 0.1) is 17.2 Å². The Hall–Kier alpha value is -4.00. The number of nitrogens with one attached hydrogen (secondary N) is 1. The van der Waals surface area contributed by atoms with E-state index in [2.05, 4.69) is 17.0 Å². The number of amides is 2.